The van der Waals surface area contributed by atoms with Crippen molar-refractivity contribution in [3.8, 4) is 0 Å². The van der Waals surface area contributed by atoms with E-state index in [4.69, 9.17) is 11.5 Å². The van der Waals surface area contributed by atoms with E-state index in [1.54, 1.807) is 0 Å². The number of fused-ring (bicyclic) bond motifs is 1. The summed E-state index contributed by atoms with van der Waals surface area (Å²) in [4.78, 5) is 7.00. The quantitative estimate of drug-likeness (QED) is 0.595. The fourth-order valence-electron chi connectivity index (χ4n) is 3.41. The summed E-state index contributed by atoms with van der Waals surface area (Å²) in [6.07, 6.45) is 8.69. The largest absolute Gasteiger partial charge is 0.370 e. The topological polar surface area (TPSA) is 79.7 Å². The van der Waals surface area contributed by atoms with Crippen LogP contribution in [-0.2, 0) is 0 Å². The molecule has 3 aliphatic heterocycles. The first-order valence-electron chi connectivity index (χ1n) is 6.50. The van der Waals surface area contributed by atoms with Gasteiger partial charge in [0.25, 0.3) is 0 Å². The second-order valence-electron chi connectivity index (χ2n) is 5.42. The van der Waals surface area contributed by atoms with Crippen molar-refractivity contribution in [2.24, 2.45) is 22.4 Å². The van der Waals surface area contributed by atoms with Gasteiger partial charge in [0.1, 0.15) is 5.66 Å². The molecule has 5 N–H and O–H groups in total. The van der Waals surface area contributed by atoms with Crippen LogP contribution in [0, 0.1) is 5.92 Å². The maximum atomic E-state index is 6.39. The molecule has 17 heavy (non-hydrogen) atoms. The molecular formula is C12H21N5. The minimum absolute atomic E-state index is 0.416. The number of rotatable bonds is 1. The third-order valence-electron chi connectivity index (χ3n) is 4.37. The molecule has 0 amide bonds. The Morgan fingerprint density at radius 3 is 3.12 bits per heavy atom. The number of aliphatic imine (C=N–C) groups is 1. The molecule has 94 valence electrons. The molecule has 3 rings (SSSR count). The minimum atomic E-state index is -0.593. The normalized spacial score (nSPS) is 41.8. The molecule has 3 atom stereocenters. The maximum absolute atomic E-state index is 6.39. The number of nitrogens with one attached hydrogen (secondary N) is 1. The zero-order valence-electron chi connectivity index (χ0n) is 10.1. The number of piperidine rings is 1. The van der Waals surface area contributed by atoms with E-state index in [2.05, 4.69) is 15.2 Å². The minimum Gasteiger partial charge on any atom is -0.370 e. The molecule has 2 fully saturated rings. The van der Waals surface area contributed by atoms with Crippen molar-refractivity contribution in [1.29, 1.82) is 0 Å². The molecule has 0 saturated carbocycles. The van der Waals surface area contributed by atoms with Gasteiger partial charge >= 0.3 is 0 Å². The van der Waals surface area contributed by atoms with Crippen LogP contribution in [0.4, 0.5) is 0 Å². The summed E-state index contributed by atoms with van der Waals surface area (Å²) in [7, 11) is 0. The zero-order valence-corrected chi connectivity index (χ0v) is 10.1. The Bertz CT molecular complexity index is 364. The Labute approximate surface area is 102 Å². The van der Waals surface area contributed by atoms with Crippen LogP contribution in [0.25, 0.3) is 0 Å². The lowest BCUT2D eigenvalue weighted by atomic mass is 9.81. The molecule has 3 unspecified atom stereocenters. The fourth-order valence-corrected chi connectivity index (χ4v) is 3.41. The molecule has 0 aromatic carbocycles. The van der Waals surface area contributed by atoms with Gasteiger partial charge in [0.05, 0.1) is 0 Å². The highest BCUT2D eigenvalue weighted by atomic mass is 15.2. The van der Waals surface area contributed by atoms with Gasteiger partial charge in [-0.3, -0.25) is 0 Å². The summed E-state index contributed by atoms with van der Waals surface area (Å²) in [5, 5.41) is 2.88. The summed E-state index contributed by atoms with van der Waals surface area (Å²) >= 11 is 0. The van der Waals surface area contributed by atoms with Crippen LogP contribution in [0.1, 0.15) is 25.7 Å². The molecule has 5 heteroatoms. The number of hydrogen-bond donors (Lipinski definition) is 3. The van der Waals surface area contributed by atoms with Crippen LogP contribution in [0.2, 0.25) is 0 Å². The third kappa shape index (κ3) is 1.93. The summed E-state index contributed by atoms with van der Waals surface area (Å²) in [5.74, 6) is 0.850. The van der Waals surface area contributed by atoms with E-state index in [0.717, 1.165) is 19.4 Å². The molecule has 0 aliphatic carbocycles. The van der Waals surface area contributed by atoms with E-state index >= 15 is 0 Å². The lowest BCUT2D eigenvalue weighted by Gasteiger charge is -2.41. The van der Waals surface area contributed by atoms with Gasteiger partial charge in [-0.05, 0) is 44.8 Å². The first-order chi connectivity index (χ1) is 8.17. The lowest BCUT2D eigenvalue weighted by molar-refractivity contribution is 0.121. The van der Waals surface area contributed by atoms with Gasteiger partial charge in [-0.25, -0.2) is 4.99 Å². The molecular weight excluding hydrogens is 214 g/mol. The Kier molecular flexibility index (Phi) is 2.60. The van der Waals surface area contributed by atoms with Crippen LogP contribution >= 0.6 is 0 Å². The van der Waals surface area contributed by atoms with E-state index in [1.807, 2.05) is 12.3 Å². The van der Waals surface area contributed by atoms with Crippen molar-refractivity contribution in [2.75, 3.05) is 13.1 Å². The predicted octanol–water partition coefficient (Wildman–Crippen LogP) is -0.0526. The molecule has 0 spiro atoms. The maximum Gasteiger partial charge on any atom is 0.194 e. The highest BCUT2D eigenvalue weighted by Gasteiger charge is 2.41. The van der Waals surface area contributed by atoms with E-state index < -0.39 is 5.66 Å². The predicted molar refractivity (Wildman–Crippen MR) is 68.1 cm³/mol. The highest BCUT2D eigenvalue weighted by Crippen LogP contribution is 2.36. The molecule has 0 aromatic heterocycles. The molecule has 0 bridgehead atoms. The molecule has 2 saturated heterocycles. The van der Waals surface area contributed by atoms with E-state index in [-0.39, 0.29) is 0 Å². The van der Waals surface area contributed by atoms with Crippen LogP contribution < -0.4 is 16.8 Å². The lowest BCUT2D eigenvalue weighted by Crippen LogP contribution is -2.53. The number of nitrogens with two attached hydrogens (primary N) is 2. The van der Waals surface area contributed by atoms with E-state index in [1.165, 1.54) is 19.4 Å². The molecule has 0 radical (unpaired) electrons. The summed E-state index contributed by atoms with van der Waals surface area (Å²) in [6.45, 7) is 2.42. The molecule has 5 nitrogen and oxygen atoms in total. The number of nitrogens with zero attached hydrogens (tertiary/aromatic N) is 2. The van der Waals surface area contributed by atoms with E-state index in [0.29, 0.717) is 17.9 Å². The molecule has 0 aromatic rings. The van der Waals surface area contributed by atoms with Gasteiger partial charge in [-0.15, -0.1) is 0 Å². The molecule has 3 aliphatic rings. The Morgan fingerprint density at radius 2 is 2.29 bits per heavy atom. The van der Waals surface area contributed by atoms with Crippen LogP contribution in [0.15, 0.2) is 17.3 Å². The van der Waals surface area contributed by atoms with Gasteiger partial charge in [0, 0.05) is 18.2 Å². The van der Waals surface area contributed by atoms with Gasteiger partial charge in [-0.2, -0.15) is 0 Å². The van der Waals surface area contributed by atoms with Gasteiger partial charge in [-0.1, -0.05) is 0 Å². The standard InChI is InChI=1S/C12H21N5/c13-11-15-5-4-12(14,16-11)9-3-7-17-6-1-2-10(17)8-9/h4-5,9-10H,1-3,6-8,14H2,(H3,13,15,16). The van der Waals surface area contributed by atoms with Crippen molar-refractivity contribution in [3.63, 3.8) is 0 Å². The van der Waals surface area contributed by atoms with Crippen LogP contribution in [0.5, 0.6) is 0 Å². The Hall–Kier alpha value is -1.07. The fraction of sp³-hybridized carbons (Fsp3) is 0.750. The first-order valence-corrected chi connectivity index (χ1v) is 6.50. The van der Waals surface area contributed by atoms with Gasteiger partial charge < -0.3 is 21.7 Å². The second-order valence-corrected chi connectivity index (χ2v) is 5.42. The van der Waals surface area contributed by atoms with E-state index in [9.17, 15) is 0 Å². The van der Waals surface area contributed by atoms with Crippen molar-refractivity contribution < 1.29 is 0 Å². The summed E-state index contributed by atoms with van der Waals surface area (Å²) < 4.78 is 0. The average Bonchev–Trinajstić information content (AvgIpc) is 2.75. The van der Waals surface area contributed by atoms with Crippen LogP contribution in [-0.4, -0.2) is 35.7 Å². The number of hydrogen-bond acceptors (Lipinski definition) is 5. The van der Waals surface area contributed by atoms with Crippen molar-refractivity contribution >= 4 is 5.96 Å². The third-order valence-corrected chi connectivity index (χ3v) is 4.37. The highest BCUT2D eigenvalue weighted by molar-refractivity contribution is 5.80. The number of guanidine groups is 1. The SMILES string of the molecule is NC1=NC(N)(C2CCN3CCCC3C2)C=CN1. The zero-order chi connectivity index (χ0) is 11.9. The van der Waals surface area contributed by atoms with Gasteiger partial charge in [0.15, 0.2) is 5.96 Å². The molecule has 3 heterocycles. The van der Waals surface area contributed by atoms with Crippen LogP contribution in [0.3, 0.4) is 0 Å². The Balaban J connectivity index is 1.76. The van der Waals surface area contributed by atoms with Gasteiger partial charge in [0.2, 0.25) is 0 Å². The second kappa shape index (κ2) is 3.99. The van der Waals surface area contributed by atoms with Crippen molar-refractivity contribution in [1.82, 2.24) is 10.2 Å². The van der Waals surface area contributed by atoms with Crippen molar-refractivity contribution in [2.45, 2.75) is 37.4 Å². The average molecular weight is 235 g/mol. The van der Waals surface area contributed by atoms with Crippen molar-refractivity contribution in [3.05, 3.63) is 12.3 Å². The summed E-state index contributed by atoms with van der Waals surface area (Å²) in [6, 6.07) is 0.717. The Morgan fingerprint density at radius 1 is 1.41 bits per heavy atom. The smallest absolute Gasteiger partial charge is 0.194 e. The summed E-state index contributed by atoms with van der Waals surface area (Å²) in [5.41, 5.74) is 11.5. The monoisotopic (exact) mass is 235 g/mol. The first kappa shape index (κ1) is 11.0.